The van der Waals surface area contributed by atoms with Crippen molar-refractivity contribution in [2.75, 3.05) is 19.8 Å². The van der Waals surface area contributed by atoms with Crippen LogP contribution in [0.4, 0.5) is 13.2 Å². The van der Waals surface area contributed by atoms with Crippen LogP contribution < -0.4 is 15.2 Å². The van der Waals surface area contributed by atoms with Crippen molar-refractivity contribution in [2.45, 2.75) is 63.0 Å². The number of amides is 1. The molecule has 2 aliphatic heterocycles. The molecule has 0 radical (unpaired) electrons. The minimum absolute atomic E-state index is 0.0704. The molecule has 1 aliphatic carbocycles. The molecule has 1 saturated carbocycles. The summed E-state index contributed by atoms with van der Waals surface area (Å²) >= 11 is -1.86. The van der Waals surface area contributed by atoms with Crippen LogP contribution in [-0.2, 0) is 33.4 Å². The fourth-order valence-corrected chi connectivity index (χ4v) is 5.55. The van der Waals surface area contributed by atoms with Gasteiger partial charge in [0, 0.05) is 44.3 Å². The second kappa shape index (κ2) is 9.76. The Bertz CT molecular complexity index is 863. The number of benzene rings is 1. The number of rotatable bonds is 5. The van der Waals surface area contributed by atoms with Crippen molar-refractivity contribution in [2.24, 2.45) is 11.1 Å². The van der Waals surface area contributed by atoms with Crippen molar-refractivity contribution >= 4 is 17.1 Å². The molecule has 4 N–H and O–H groups in total. The fourth-order valence-electron chi connectivity index (χ4n) is 5.07. The molecule has 7 nitrogen and oxygen atoms in total. The molecule has 2 fully saturated rings. The van der Waals surface area contributed by atoms with Crippen LogP contribution in [0.15, 0.2) is 18.2 Å². The average Bonchev–Trinajstić information content (AvgIpc) is 3.20. The van der Waals surface area contributed by atoms with Gasteiger partial charge in [0.1, 0.15) is 0 Å². The summed E-state index contributed by atoms with van der Waals surface area (Å²) < 4.78 is 59.3. The van der Waals surface area contributed by atoms with E-state index in [2.05, 4.69) is 10.0 Å². The van der Waals surface area contributed by atoms with Gasteiger partial charge in [-0.3, -0.25) is 4.79 Å². The van der Waals surface area contributed by atoms with Gasteiger partial charge in [-0.25, -0.2) is 14.1 Å². The summed E-state index contributed by atoms with van der Waals surface area (Å²) in [5.74, 6) is -0.248. The van der Waals surface area contributed by atoms with E-state index in [0.717, 1.165) is 51.0 Å². The molecule has 4 unspecified atom stereocenters. The highest BCUT2D eigenvalue weighted by atomic mass is 32.2. The van der Waals surface area contributed by atoms with E-state index in [0.29, 0.717) is 23.6 Å². The van der Waals surface area contributed by atoms with Gasteiger partial charge < -0.3 is 15.0 Å². The summed E-state index contributed by atoms with van der Waals surface area (Å²) in [6, 6.07) is 3.53. The van der Waals surface area contributed by atoms with Gasteiger partial charge in [-0.05, 0) is 55.4 Å². The third-order valence-electron chi connectivity index (χ3n) is 6.65. The Morgan fingerprint density at radius 3 is 2.59 bits per heavy atom. The molecule has 4 rings (SSSR count). The van der Waals surface area contributed by atoms with Crippen molar-refractivity contribution in [3.8, 4) is 0 Å². The van der Waals surface area contributed by atoms with E-state index < -0.39 is 29.0 Å². The van der Waals surface area contributed by atoms with Crippen LogP contribution in [-0.4, -0.2) is 46.9 Å². The lowest BCUT2D eigenvalue weighted by Gasteiger charge is -2.36. The van der Waals surface area contributed by atoms with Gasteiger partial charge in [0.15, 0.2) is 11.2 Å². The van der Waals surface area contributed by atoms with E-state index in [4.69, 9.17) is 9.88 Å². The molecular weight excluding hydrogens is 445 g/mol. The van der Waals surface area contributed by atoms with Crippen molar-refractivity contribution in [3.63, 3.8) is 0 Å². The minimum atomic E-state index is -4.48. The van der Waals surface area contributed by atoms with Gasteiger partial charge >= 0.3 is 6.18 Å². The molecule has 1 aromatic rings. The quantitative estimate of drug-likeness (QED) is 0.609. The Morgan fingerprint density at radius 2 is 1.91 bits per heavy atom. The molecule has 0 spiro atoms. The third kappa shape index (κ3) is 5.51. The van der Waals surface area contributed by atoms with Crippen LogP contribution in [0.2, 0.25) is 0 Å². The minimum Gasteiger partial charge on any atom is -0.381 e. The van der Waals surface area contributed by atoms with E-state index in [1.165, 1.54) is 6.07 Å². The third-order valence-corrected chi connectivity index (χ3v) is 7.17. The first-order valence-corrected chi connectivity index (χ1v) is 12.2. The Labute approximate surface area is 188 Å². The van der Waals surface area contributed by atoms with Crippen LogP contribution in [0.25, 0.3) is 0 Å². The summed E-state index contributed by atoms with van der Waals surface area (Å²) in [6.07, 6.45) is -0.206. The number of ether oxygens (including phenoxy) is 1. The molecular formula is C21H29F3N4O3S. The molecule has 32 heavy (non-hydrogen) atoms. The standard InChI is InChI=1S/C21H29F3N4O3S/c22-21(23,24)15-2-4-18-14(9-15)11-28(12-19(18)27-32(25)30)20(29)13-1-3-17(10-13)26-16-5-7-31-8-6-16/h2,4,9,13,16-17,19,26-27H,1,3,5-8,10-12,25H2. The van der Waals surface area contributed by atoms with Crippen molar-refractivity contribution in [1.29, 1.82) is 0 Å². The number of nitrogens with zero attached hydrogens (tertiary/aromatic N) is 1. The van der Waals surface area contributed by atoms with E-state index in [1.54, 1.807) is 4.90 Å². The van der Waals surface area contributed by atoms with Gasteiger partial charge in [0.25, 0.3) is 0 Å². The normalized spacial score (nSPS) is 27.9. The Morgan fingerprint density at radius 1 is 1.16 bits per heavy atom. The molecule has 3 aliphatic rings. The molecule has 4 atom stereocenters. The smallest absolute Gasteiger partial charge is 0.381 e. The topological polar surface area (TPSA) is 96.7 Å². The van der Waals surface area contributed by atoms with E-state index in [1.807, 2.05) is 0 Å². The highest BCUT2D eigenvalue weighted by Crippen LogP contribution is 2.36. The van der Waals surface area contributed by atoms with E-state index in [9.17, 15) is 22.2 Å². The lowest BCUT2D eigenvalue weighted by molar-refractivity contribution is -0.137. The SMILES string of the molecule is NS(=O)NC1CN(C(=O)C2CCC(NC3CCOCC3)C2)Cc2cc(C(F)(F)F)ccc21. The maximum absolute atomic E-state index is 13.3. The number of hydrogen-bond acceptors (Lipinski definition) is 4. The number of alkyl halides is 3. The van der Waals surface area contributed by atoms with Gasteiger partial charge in [-0.15, -0.1) is 0 Å². The number of nitrogens with one attached hydrogen (secondary N) is 2. The maximum Gasteiger partial charge on any atom is 0.416 e. The van der Waals surface area contributed by atoms with Crippen LogP contribution in [0, 0.1) is 5.92 Å². The predicted octanol–water partition coefficient (Wildman–Crippen LogP) is 2.15. The van der Waals surface area contributed by atoms with Crippen LogP contribution in [0.1, 0.15) is 54.8 Å². The lowest BCUT2D eigenvalue weighted by Crippen LogP contribution is -2.46. The van der Waals surface area contributed by atoms with E-state index >= 15 is 0 Å². The first kappa shape index (κ1) is 23.6. The summed E-state index contributed by atoms with van der Waals surface area (Å²) in [7, 11) is 0. The van der Waals surface area contributed by atoms with Crippen LogP contribution in [0.3, 0.4) is 0 Å². The lowest BCUT2D eigenvalue weighted by atomic mass is 9.92. The number of fused-ring (bicyclic) bond motifs is 1. The maximum atomic E-state index is 13.3. The molecule has 11 heteroatoms. The first-order chi connectivity index (χ1) is 15.2. The second-order valence-corrected chi connectivity index (χ2v) is 9.69. The zero-order valence-corrected chi connectivity index (χ0v) is 18.5. The average molecular weight is 475 g/mol. The molecule has 178 valence electrons. The van der Waals surface area contributed by atoms with E-state index in [-0.39, 0.29) is 31.0 Å². The van der Waals surface area contributed by atoms with Gasteiger partial charge in [0.2, 0.25) is 5.91 Å². The summed E-state index contributed by atoms with van der Waals surface area (Å²) in [6.45, 7) is 1.81. The van der Waals surface area contributed by atoms with Gasteiger partial charge in [-0.1, -0.05) is 6.07 Å². The molecule has 2 heterocycles. The molecule has 1 saturated heterocycles. The van der Waals surface area contributed by atoms with Crippen molar-refractivity contribution in [1.82, 2.24) is 14.9 Å². The Balaban J connectivity index is 1.46. The first-order valence-electron chi connectivity index (χ1n) is 11.0. The highest BCUT2D eigenvalue weighted by molar-refractivity contribution is 7.80. The summed E-state index contributed by atoms with van der Waals surface area (Å²) in [5.41, 5.74) is 0.225. The zero-order valence-electron chi connectivity index (χ0n) is 17.7. The molecule has 1 aromatic carbocycles. The highest BCUT2D eigenvalue weighted by Gasteiger charge is 2.38. The fraction of sp³-hybridized carbons (Fsp3) is 0.667. The Hall–Kier alpha value is -1.53. The largest absolute Gasteiger partial charge is 0.416 e. The second-order valence-electron chi connectivity index (χ2n) is 8.86. The Kier molecular flexibility index (Phi) is 7.21. The van der Waals surface area contributed by atoms with Gasteiger partial charge in [0.05, 0.1) is 11.6 Å². The monoisotopic (exact) mass is 474 g/mol. The summed E-state index contributed by atoms with van der Waals surface area (Å²) in [5, 5.41) is 9.03. The summed E-state index contributed by atoms with van der Waals surface area (Å²) in [4.78, 5) is 14.9. The predicted molar refractivity (Wildman–Crippen MR) is 113 cm³/mol. The van der Waals surface area contributed by atoms with Gasteiger partial charge in [-0.2, -0.15) is 13.2 Å². The number of carbonyl (C=O) groups is 1. The zero-order chi connectivity index (χ0) is 22.9. The van der Waals surface area contributed by atoms with Crippen molar-refractivity contribution < 1.29 is 26.9 Å². The number of nitrogens with two attached hydrogens (primary N) is 1. The number of hydrogen-bond donors (Lipinski definition) is 3. The molecule has 0 bridgehead atoms. The molecule has 0 aromatic heterocycles. The van der Waals surface area contributed by atoms with Crippen LogP contribution in [0.5, 0.6) is 0 Å². The van der Waals surface area contributed by atoms with Crippen molar-refractivity contribution in [3.05, 3.63) is 34.9 Å². The number of carbonyl (C=O) groups excluding carboxylic acids is 1. The number of halogens is 3. The van der Waals surface area contributed by atoms with Crippen LogP contribution >= 0.6 is 0 Å². The molecule has 1 amide bonds.